The second kappa shape index (κ2) is 2.21. The maximum atomic E-state index is 11.4. The molecular formula is C8H14N2O. The molecule has 2 aliphatic rings. The van der Waals surface area contributed by atoms with Gasteiger partial charge in [-0.1, -0.05) is 0 Å². The lowest BCUT2D eigenvalue weighted by molar-refractivity contribution is -0.126. The molecule has 2 rings (SSSR count). The van der Waals surface area contributed by atoms with Gasteiger partial charge in [-0.15, -0.1) is 0 Å². The Balaban J connectivity index is 2.07. The topological polar surface area (TPSA) is 41.1 Å². The van der Waals surface area contributed by atoms with Crippen LogP contribution in [0.25, 0.3) is 0 Å². The van der Waals surface area contributed by atoms with Gasteiger partial charge in [0.05, 0.1) is 5.41 Å². The standard InChI is InChI=1S/C8H14N2O/c1-9-7(11)8-2-3-10-5-6(8)4-8/h6,10H,2-5H2,1H3,(H,9,11). The summed E-state index contributed by atoms with van der Waals surface area (Å²) in [5.41, 5.74) is 0.0417. The van der Waals surface area contributed by atoms with E-state index in [9.17, 15) is 4.79 Å². The lowest BCUT2D eigenvalue weighted by Crippen LogP contribution is -2.38. The molecule has 3 heteroatoms. The second-order valence-electron chi connectivity index (χ2n) is 3.59. The van der Waals surface area contributed by atoms with Gasteiger partial charge in [0, 0.05) is 7.05 Å². The molecule has 1 aliphatic heterocycles. The molecule has 0 radical (unpaired) electrons. The maximum Gasteiger partial charge on any atom is 0.226 e. The van der Waals surface area contributed by atoms with Gasteiger partial charge in [-0.3, -0.25) is 4.79 Å². The first-order valence-electron chi connectivity index (χ1n) is 4.22. The Bertz CT molecular complexity index is 193. The first-order chi connectivity index (χ1) is 5.29. The molecule has 62 valence electrons. The van der Waals surface area contributed by atoms with Crippen LogP contribution in [0, 0.1) is 11.3 Å². The van der Waals surface area contributed by atoms with Crippen molar-refractivity contribution in [3.8, 4) is 0 Å². The molecule has 0 aromatic rings. The summed E-state index contributed by atoms with van der Waals surface area (Å²) in [5.74, 6) is 0.875. The first kappa shape index (κ1) is 7.10. The Morgan fingerprint density at radius 3 is 3.18 bits per heavy atom. The third kappa shape index (κ3) is 0.872. The molecule has 0 aromatic heterocycles. The molecule has 2 unspecified atom stereocenters. The number of rotatable bonds is 1. The van der Waals surface area contributed by atoms with Crippen LogP contribution in [-0.4, -0.2) is 26.0 Å². The predicted molar refractivity (Wildman–Crippen MR) is 42.1 cm³/mol. The summed E-state index contributed by atoms with van der Waals surface area (Å²) in [4.78, 5) is 11.4. The molecule has 3 nitrogen and oxygen atoms in total. The Morgan fingerprint density at radius 2 is 2.55 bits per heavy atom. The highest BCUT2D eigenvalue weighted by Crippen LogP contribution is 2.56. The normalized spacial score (nSPS) is 41.0. The SMILES string of the molecule is CNC(=O)C12CCNCC1C2. The van der Waals surface area contributed by atoms with Crippen molar-refractivity contribution in [2.75, 3.05) is 20.1 Å². The van der Waals surface area contributed by atoms with E-state index in [4.69, 9.17) is 0 Å². The number of carbonyl (C=O) groups is 1. The summed E-state index contributed by atoms with van der Waals surface area (Å²) in [6.07, 6.45) is 2.12. The fraction of sp³-hybridized carbons (Fsp3) is 0.875. The van der Waals surface area contributed by atoms with Crippen molar-refractivity contribution < 1.29 is 4.79 Å². The number of fused-ring (bicyclic) bond motifs is 1. The number of hydrogen-bond acceptors (Lipinski definition) is 2. The third-order valence-electron chi connectivity index (χ3n) is 3.05. The molecule has 0 bridgehead atoms. The van der Waals surface area contributed by atoms with Crippen LogP contribution < -0.4 is 10.6 Å². The third-order valence-corrected chi connectivity index (χ3v) is 3.05. The van der Waals surface area contributed by atoms with Crippen LogP contribution in [0.2, 0.25) is 0 Å². The fourth-order valence-corrected chi connectivity index (χ4v) is 2.18. The summed E-state index contributed by atoms with van der Waals surface area (Å²) >= 11 is 0. The van der Waals surface area contributed by atoms with Gasteiger partial charge in [0.15, 0.2) is 0 Å². The van der Waals surface area contributed by atoms with Crippen molar-refractivity contribution in [2.24, 2.45) is 11.3 Å². The Hall–Kier alpha value is -0.570. The molecule has 1 saturated heterocycles. The number of hydrogen-bond donors (Lipinski definition) is 2. The monoisotopic (exact) mass is 154 g/mol. The first-order valence-corrected chi connectivity index (χ1v) is 4.22. The lowest BCUT2D eigenvalue weighted by Gasteiger charge is -2.20. The number of amides is 1. The van der Waals surface area contributed by atoms with Gasteiger partial charge in [0.2, 0.25) is 5.91 Å². The smallest absolute Gasteiger partial charge is 0.226 e. The quantitative estimate of drug-likeness (QED) is 0.546. The minimum Gasteiger partial charge on any atom is -0.359 e. The number of nitrogens with one attached hydrogen (secondary N) is 2. The van der Waals surface area contributed by atoms with E-state index in [-0.39, 0.29) is 11.3 Å². The Labute approximate surface area is 66.5 Å². The molecule has 0 spiro atoms. The zero-order chi connectivity index (χ0) is 7.90. The summed E-state index contributed by atoms with van der Waals surface area (Å²) in [6, 6.07) is 0. The minimum absolute atomic E-state index is 0.0417. The molecule has 1 amide bonds. The van der Waals surface area contributed by atoms with Crippen LogP contribution in [0.4, 0.5) is 0 Å². The van der Waals surface area contributed by atoms with Gasteiger partial charge in [-0.05, 0) is 31.8 Å². The Morgan fingerprint density at radius 1 is 1.73 bits per heavy atom. The second-order valence-corrected chi connectivity index (χ2v) is 3.59. The van der Waals surface area contributed by atoms with Crippen molar-refractivity contribution in [3.05, 3.63) is 0 Å². The van der Waals surface area contributed by atoms with Crippen molar-refractivity contribution >= 4 is 5.91 Å². The molecule has 1 aliphatic carbocycles. The van der Waals surface area contributed by atoms with Crippen LogP contribution in [0.15, 0.2) is 0 Å². The van der Waals surface area contributed by atoms with Gasteiger partial charge >= 0.3 is 0 Å². The van der Waals surface area contributed by atoms with Gasteiger partial charge in [0.1, 0.15) is 0 Å². The van der Waals surface area contributed by atoms with Crippen LogP contribution >= 0.6 is 0 Å². The highest BCUT2D eigenvalue weighted by Gasteiger charge is 2.59. The molecule has 1 heterocycles. The number of carbonyl (C=O) groups excluding carboxylic acids is 1. The van der Waals surface area contributed by atoms with Crippen molar-refractivity contribution in [1.29, 1.82) is 0 Å². The minimum atomic E-state index is 0.0417. The van der Waals surface area contributed by atoms with Crippen molar-refractivity contribution in [2.45, 2.75) is 12.8 Å². The zero-order valence-electron chi connectivity index (χ0n) is 6.81. The van der Waals surface area contributed by atoms with Crippen molar-refractivity contribution in [1.82, 2.24) is 10.6 Å². The lowest BCUT2D eigenvalue weighted by atomic mass is 9.95. The highest BCUT2D eigenvalue weighted by molar-refractivity contribution is 5.85. The maximum absolute atomic E-state index is 11.4. The van der Waals surface area contributed by atoms with Gasteiger partial charge < -0.3 is 10.6 Å². The molecule has 2 N–H and O–H groups in total. The van der Waals surface area contributed by atoms with E-state index in [2.05, 4.69) is 10.6 Å². The predicted octanol–water partition coefficient (Wildman–Crippen LogP) is -0.268. The average molecular weight is 154 g/mol. The largest absolute Gasteiger partial charge is 0.359 e. The average Bonchev–Trinajstić information content (AvgIpc) is 2.78. The van der Waals surface area contributed by atoms with Crippen LogP contribution in [-0.2, 0) is 4.79 Å². The van der Waals surface area contributed by atoms with Gasteiger partial charge in [0.25, 0.3) is 0 Å². The summed E-state index contributed by atoms with van der Waals surface area (Å²) in [7, 11) is 1.73. The van der Waals surface area contributed by atoms with Gasteiger partial charge in [-0.25, -0.2) is 0 Å². The molecule has 1 saturated carbocycles. The van der Waals surface area contributed by atoms with E-state index in [1.807, 2.05) is 0 Å². The van der Waals surface area contributed by atoms with E-state index in [1.54, 1.807) is 7.05 Å². The number of piperidine rings is 1. The fourth-order valence-electron chi connectivity index (χ4n) is 2.18. The molecule has 11 heavy (non-hydrogen) atoms. The summed E-state index contributed by atoms with van der Waals surface area (Å²) in [6.45, 7) is 2.04. The zero-order valence-corrected chi connectivity index (χ0v) is 6.81. The van der Waals surface area contributed by atoms with Crippen LogP contribution in [0.5, 0.6) is 0 Å². The summed E-state index contributed by atoms with van der Waals surface area (Å²) in [5, 5.41) is 6.05. The highest BCUT2D eigenvalue weighted by atomic mass is 16.2. The summed E-state index contributed by atoms with van der Waals surface area (Å²) < 4.78 is 0. The molecule has 0 aromatic carbocycles. The molecule has 2 atom stereocenters. The van der Waals surface area contributed by atoms with E-state index in [0.29, 0.717) is 5.92 Å². The van der Waals surface area contributed by atoms with E-state index in [1.165, 1.54) is 0 Å². The van der Waals surface area contributed by atoms with Crippen LogP contribution in [0.1, 0.15) is 12.8 Å². The molecule has 2 fully saturated rings. The van der Waals surface area contributed by atoms with E-state index >= 15 is 0 Å². The Kier molecular flexibility index (Phi) is 1.42. The van der Waals surface area contributed by atoms with E-state index < -0.39 is 0 Å². The van der Waals surface area contributed by atoms with Gasteiger partial charge in [-0.2, -0.15) is 0 Å². The van der Waals surface area contributed by atoms with Crippen LogP contribution in [0.3, 0.4) is 0 Å². The van der Waals surface area contributed by atoms with Crippen molar-refractivity contribution in [3.63, 3.8) is 0 Å². The molecular weight excluding hydrogens is 140 g/mol. The van der Waals surface area contributed by atoms with E-state index in [0.717, 1.165) is 25.9 Å².